The number of benzene rings is 1. The molecular formula is C24H29N9O2. The van der Waals surface area contributed by atoms with E-state index in [1.54, 1.807) is 12.5 Å². The molecule has 0 bridgehead atoms. The van der Waals surface area contributed by atoms with Crippen LogP contribution in [0.2, 0.25) is 0 Å². The molecule has 1 amide bonds. The highest BCUT2D eigenvalue weighted by Gasteiger charge is 2.24. The fourth-order valence-electron chi connectivity index (χ4n) is 4.41. The number of nitrogens with one attached hydrogen (secondary N) is 2. The van der Waals surface area contributed by atoms with Gasteiger partial charge in [0.15, 0.2) is 17.0 Å². The van der Waals surface area contributed by atoms with Crippen molar-refractivity contribution in [3.05, 3.63) is 54.6 Å². The number of anilines is 2. The summed E-state index contributed by atoms with van der Waals surface area (Å²) in [4.78, 5) is 27.0. The lowest BCUT2D eigenvalue weighted by Crippen LogP contribution is -2.44. The second-order valence-corrected chi connectivity index (χ2v) is 8.96. The number of amides is 1. The Morgan fingerprint density at radius 2 is 2.09 bits per heavy atom. The summed E-state index contributed by atoms with van der Waals surface area (Å²) in [5.41, 5.74) is 3.46. The van der Waals surface area contributed by atoms with Gasteiger partial charge in [-0.05, 0) is 44.4 Å². The highest BCUT2D eigenvalue weighted by Crippen LogP contribution is 2.25. The van der Waals surface area contributed by atoms with Gasteiger partial charge >= 0.3 is 6.09 Å². The molecule has 4 aromatic rings. The number of imidazole rings is 1. The Balaban J connectivity index is 1.44. The van der Waals surface area contributed by atoms with Gasteiger partial charge < -0.3 is 25.2 Å². The quantitative estimate of drug-likeness (QED) is 0.369. The minimum Gasteiger partial charge on any atom is -0.465 e. The van der Waals surface area contributed by atoms with E-state index in [9.17, 15) is 9.90 Å². The van der Waals surface area contributed by atoms with Crippen LogP contribution in [0.15, 0.2) is 49.1 Å². The van der Waals surface area contributed by atoms with Gasteiger partial charge in [-0.2, -0.15) is 15.1 Å². The van der Waals surface area contributed by atoms with Crippen LogP contribution in [0.3, 0.4) is 0 Å². The van der Waals surface area contributed by atoms with Gasteiger partial charge in [0.2, 0.25) is 5.95 Å². The van der Waals surface area contributed by atoms with Crippen molar-refractivity contribution in [2.75, 3.05) is 23.7 Å². The Bertz CT molecular complexity index is 1320. The molecule has 0 spiro atoms. The Morgan fingerprint density at radius 3 is 2.86 bits per heavy atom. The van der Waals surface area contributed by atoms with Gasteiger partial charge in [0, 0.05) is 44.1 Å². The number of nitrogens with zero attached hydrogens (tertiary/aromatic N) is 7. The lowest BCUT2D eigenvalue weighted by atomic mass is 10.1. The third-order valence-electron chi connectivity index (χ3n) is 6.19. The molecule has 1 aromatic carbocycles. The van der Waals surface area contributed by atoms with E-state index in [0.717, 1.165) is 29.7 Å². The summed E-state index contributed by atoms with van der Waals surface area (Å²) in [6.07, 6.45) is 6.21. The zero-order chi connectivity index (χ0) is 24.4. The van der Waals surface area contributed by atoms with Crippen LogP contribution in [-0.2, 0) is 6.54 Å². The number of hydrogen-bond acceptors (Lipinski definition) is 7. The summed E-state index contributed by atoms with van der Waals surface area (Å²) in [6, 6.07) is 10.1. The average Bonchev–Trinajstić information content (AvgIpc) is 3.53. The van der Waals surface area contributed by atoms with E-state index in [2.05, 4.69) is 40.6 Å². The first-order valence-corrected chi connectivity index (χ1v) is 11.8. The van der Waals surface area contributed by atoms with E-state index >= 15 is 0 Å². The third kappa shape index (κ3) is 4.75. The molecule has 1 aliphatic heterocycles. The van der Waals surface area contributed by atoms with Crippen molar-refractivity contribution >= 4 is 29.0 Å². The lowest BCUT2D eigenvalue weighted by Gasteiger charge is -2.31. The molecule has 11 heteroatoms. The Hall–Kier alpha value is -4.15. The summed E-state index contributed by atoms with van der Waals surface area (Å²) < 4.78 is 3.85. The van der Waals surface area contributed by atoms with Gasteiger partial charge in [-0.25, -0.2) is 14.5 Å². The number of likely N-dealkylation sites (tertiary alicyclic amines) is 1. The van der Waals surface area contributed by atoms with Crippen molar-refractivity contribution in [1.29, 1.82) is 0 Å². The Kier molecular flexibility index (Phi) is 6.21. The Labute approximate surface area is 202 Å². The lowest BCUT2D eigenvalue weighted by molar-refractivity contribution is 0.132. The summed E-state index contributed by atoms with van der Waals surface area (Å²) in [5, 5.41) is 20.6. The standard InChI is InChI=1S/C24H29N9O2/c1-16(2)32-15-26-20-21(25-13-17-7-3-4-9-19(17)33-12-6-10-27-33)29-23(30-22(20)32)28-18-8-5-11-31(14-18)24(34)35/h3-4,6-7,9-10,12,15-16,18H,5,8,11,13-14H2,1-2H3,(H,34,35)(H2,25,28,29,30)/t18-/m0/s1. The van der Waals surface area contributed by atoms with E-state index in [0.29, 0.717) is 36.9 Å². The van der Waals surface area contributed by atoms with Gasteiger partial charge in [-0.1, -0.05) is 18.2 Å². The molecule has 0 aliphatic carbocycles. The molecule has 182 valence electrons. The van der Waals surface area contributed by atoms with Gasteiger partial charge in [0.25, 0.3) is 0 Å². The minimum atomic E-state index is -0.899. The summed E-state index contributed by atoms with van der Waals surface area (Å²) in [7, 11) is 0. The summed E-state index contributed by atoms with van der Waals surface area (Å²) >= 11 is 0. The SMILES string of the molecule is CC(C)n1cnc2c(NCc3ccccc3-n3cccn3)nc(N[C@H]3CCCN(C(=O)O)C3)nc21. The maximum Gasteiger partial charge on any atom is 0.407 e. The maximum absolute atomic E-state index is 11.4. The largest absolute Gasteiger partial charge is 0.465 e. The molecule has 4 heterocycles. The van der Waals surface area contributed by atoms with Crippen LogP contribution in [0.5, 0.6) is 0 Å². The first-order valence-electron chi connectivity index (χ1n) is 11.8. The van der Waals surface area contributed by atoms with Crippen LogP contribution < -0.4 is 10.6 Å². The first-order chi connectivity index (χ1) is 17.0. The van der Waals surface area contributed by atoms with Crippen molar-refractivity contribution in [3.8, 4) is 5.69 Å². The Morgan fingerprint density at radius 1 is 1.23 bits per heavy atom. The molecular weight excluding hydrogens is 446 g/mol. The van der Waals surface area contributed by atoms with Crippen LogP contribution in [0.4, 0.5) is 16.6 Å². The van der Waals surface area contributed by atoms with Gasteiger partial charge in [0.05, 0.1) is 12.0 Å². The molecule has 3 N–H and O–H groups in total. The van der Waals surface area contributed by atoms with Crippen molar-refractivity contribution in [2.45, 2.75) is 45.3 Å². The number of aromatic nitrogens is 6. The predicted molar refractivity (Wildman–Crippen MR) is 133 cm³/mol. The molecule has 0 unspecified atom stereocenters. The van der Waals surface area contributed by atoms with Crippen molar-refractivity contribution in [2.24, 2.45) is 0 Å². The molecule has 1 atom stereocenters. The third-order valence-corrected chi connectivity index (χ3v) is 6.19. The van der Waals surface area contributed by atoms with Crippen LogP contribution in [0.1, 0.15) is 38.3 Å². The van der Waals surface area contributed by atoms with Crippen LogP contribution >= 0.6 is 0 Å². The molecule has 3 aromatic heterocycles. The summed E-state index contributed by atoms with van der Waals surface area (Å²) in [5.74, 6) is 1.08. The topological polar surface area (TPSA) is 126 Å². The average molecular weight is 476 g/mol. The number of para-hydroxylation sites is 1. The highest BCUT2D eigenvalue weighted by molar-refractivity contribution is 5.84. The minimum absolute atomic E-state index is 0.0545. The normalized spacial score (nSPS) is 16.1. The highest BCUT2D eigenvalue weighted by atomic mass is 16.4. The van der Waals surface area contributed by atoms with E-state index in [-0.39, 0.29) is 12.1 Å². The monoisotopic (exact) mass is 475 g/mol. The molecule has 0 saturated carbocycles. The van der Waals surface area contributed by atoms with Crippen LogP contribution in [-0.4, -0.2) is 64.5 Å². The molecule has 5 rings (SSSR count). The van der Waals surface area contributed by atoms with Crippen LogP contribution in [0, 0.1) is 0 Å². The van der Waals surface area contributed by atoms with Gasteiger partial charge in [-0.3, -0.25) is 0 Å². The second kappa shape index (κ2) is 9.61. The smallest absolute Gasteiger partial charge is 0.407 e. The fraction of sp³-hybridized carbons (Fsp3) is 0.375. The van der Waals surface area contributed by atoms with Crippen molar-refractivity contribution in [3.63, 3.8) is 0 Å². The van der Waals surface area contributed by atoms with Crippen LogP contribution in [0.25, 0.3) is 16.9 Å². The molecule has 1 saturated heterocycles. The van der Waals surface area contributed by atoms with Crippen molar-refractivity contribution < 1.29 is 9.90 Å². The number of hydrogen-bond donors (Lipinski definition) is 3. The number of rotatable bonds is 7. The number of carbonyl (C=O) groups is 1. The maximum atomic E-state index is 11.4. The number of carboxylic acid groups (broad SMARTS) is 1. The fourth-order valence-corrected chi connectivity index (χ4v) is 4.41. The van der Waals surface area contributed by atoms with Gasteiger partial charge in [0.1, 0.15) is 0 Å². The van der Waals surface area contributed by atoms with E-state index < -0.39 is 6.09 Å². The zero-order valence-electron chi connectivity index (χ0n) is 19.8. The summed E-state index contributed by atoms with van der Waals surface area (Å²) in [6.45, 7) is 5.63. The predicted octanol–water partition coefficient (Wildman–Crippen LogP) is 3.76. The van der Waals surface area contributed by atoms with E-state index in [4.69, 9.17) is 9.97 Å². The first kappa shape index (κ1) is 22.6. The molecule has 1 fully saturated rings. The second-order valence-electron chi connectivity index (χ2n) is 8.96. The number of fused-ring (bicyclic) bond motifs is 1. The van der Waals surface area contributed by atoms with E-state index in [1.807, 2.05) is 39.7 Å². The molecule has 0 radical (unpaired) electrons. The zero-order valence-corrected chi connectivity index (χ0v) is 19.8. The number of piperidine rings is 1. The molecule has 11 nitrogen and oxygen atoms in total. The van der Waals surface area contributed by atoms with Gasteiger partial charge in [-0.15, -0.1) is 0 Å². The molecule has 35 heavy (non-hydrogen) atoms. The van der Waals surface area contributed by atoms with E-state index in [1.165, 1.54) is 4.90 Å². The molecule has 1 aliphatic rings. The van der Waals surface area contributed by atoms with Crippen molar-refractivity contribution in [1.82, 2.24) is 34.2 Å².